The van der Waals surface area contributed by atoms with Gasteiger partial charge in [0.15, 0.2) is 0 Å². The molecule has 0 amide bonds. The molecule has 0 unspecified atom stereocenters. The molecule has 6 heteroatoms. The Kier molecular flexibility index (Phi) is 5.15. The van der Waals surface area contributed by atoms with E-state index in [1.54, 1.807) is 12.1 Å². The predicted octanol–water partition coefficient (Wildman–Crippen LogP) is 2.16. The van der Waals surface area contributed by atoms with Crippen LogP contribution in [0.15, 0.2) is 53.4 Å². The summed E-state index contributed by atoms with van der Waals surface area (Å²) >= 11 is 0. The van der Waals surface area contributed by atoms with Crippen molar-refractivity contribution in [3.8, 4) is 17.6 Å². The van der Waals surface area contributed by atoms with E-state index in [9.17, 15) is 12.8 Å². The van der Waals surface area contributed by atoms with E-state index >= 15 is 0 Å². The third kappa shape index (κ3) is 4.07. The average molecular weight is 319 g/mol. The molecule has 4 nitrogen and oxygen atoms in total. The summed E-state index contributed by atoms with van der Waals surface area (Å²) in [5, 5.41) is 0. The maximum absolute atomic E-state index is 12.8. The molecule has 2 aromatic rings. The fraction of sp³-hybridized carbons (Fsp3) is 0.125. The molecule has 0 bridgehead atoms. The minimum Gasteiger partial charge on any atom is -0.495 e. The number of sulfonamides is 1. The summed E-state index contributed by atoms with van der Waals surface area (Å²) in [6, 6.07) is 11.8. The lowest BCUT2D eigenvalue weighted by atomic mass is 10.2. The zero-order valence-electron chi connectivity index (χ0n) is 11.8. The van der Waals surface area contributed by atoms with Crippen LogP contribution in [0.25, 0.3) is 0 Å². The first-order valence-corrected chi connectivity index (χ1v) is 7.88. The van der Waals surface area contributed by atoms with Gasteiger partial charge in [-0.25, -0.2) is 12.8 Å². The molecule has 0 aliphatic rings. The second-order valence-electron chi connectivity index (χ2n) is 4.28. The van der Waals surface area contributed by atoms with Crippen molar-refractivity contribution in [3.63, 3.8) is 0 Å². The zero-order valence-corrected chi connectivity index (χ0v) is 12.7. The summed E-state index contributed by atoms with van der Waals surface area (Å²) in [4.78, 5) is -0.00649. The quantitative estimate of drug-likeness (QED) is 0.879. The predicted molar refractivity (Wildman–Crippen MR) is 81.5 cm³/mol. The first-order chi connectivity index (χ1) is 10.5. The average Bonchev–Trinajstić information content (AvgIpc) is 2.52. The molecule has 0 aliphatic heterocycles. The van der Waals surface area contributed by atoms with Crippen LogP contribution < -0.4 is 9.46 Å². The van der Waals surface area contributed by atoms with E-state index in [4.69, 9.17) is 4.74 Å². The summed E-state index contributed by atoms with van der Waals surface area (Å²) in [6.45, 7) is -0.0578. The van der Waals surface area contributed by atoms with Gasteiger partial charge >= 0.3 is 0 Å². The van der Waals surface area contributed by atoms with Crippen LogP contribution in [0, 0.1) is 17.7 Å². The molecule has 114 valence electrons. The van der Waals surface area contributed by atoms with Crippen molar-refractivity contribution in [1.82, 2.24) is 4.72 Å². The van der Waals surface area contributed by atoms with Crippen LogP contribution in [-0.4, -0.2) is 22.1 Å². The lowest BCUT2D eigenvalue weighted by molar-refractivity contribution is 0.413. The third-order valence-electron chi connectivity index (χ3n) is 2.80. The van der Waals surface area contributed by atoms with E-state index in [2.05, 4.69) is 16.6 Å². The lowest BCUT2D eigenvalue weighted by Crippen LogP contribution is -2.24. The van der Waals surface area contributed by atoms with Gasteiger partial charge in [0.1, 0.15) is 11.6 Å². The molecule has 0 radical (unpaired) electrons. The summed E-state index contributed by atoms with van der Waals surface area (Å²) in [7, 11) is -2.16. The van der Waals surface area contributed by atoms with E-state index in [0.29, 0.717) is 11.3 Å². The Bertz CT molecular complexity index is 805. The Morgan fingerprint density at radius 2 is 1.82 bits per heavy atom. The Morgan fingerprint density at radius 3 is 2.50 bits per heavy atom. The normalized spacial score (nSPS) is 10.6. The van der Waals surface area contributed by atoms with E-state index in [0.717, 1.165) is 12.1 Å². The van der Waals surface area contributed by atoms with Crippen LogP contribution in [0.5, 0.6) is 5.75 Å². The van der Waals surface area contributed by atoms with Gasteiger partial charge in [-0.05, 0) is 36.4 Å². The molecule has 0 saturated heterocycles. The number of benzene rings is 2. The zero-order chi connectivity index (χ0) is 16.0. The summed E-state index contributed by atoms with van der Waals surface area (Å²) in [5.41, 5.74) is 0.672. The topological polar surface area (TPSA) is 55.4 Å². The Labute approximate surface area is 129 Å². The minimum atomic E-state index is -3.70. The number of hydrogen-bond acceptors (Lipinski definition) is 3. The highest BCUT2D eigenvalue weighted by atomic mass is 32.2. The highest BCUT2D eigenvalue weighted by Crippen LogP contribution is 2.15. The molecule has 22 heavy (non-hydrogen) atoms. The molecule has 0 saturated carbocycles. The highest BCUT2D eigenvalue weighted by Gasteiger charge is 2.12. The third-order valence-corrected chi connectivity index (χ3v) is 4.22. The molecule has 0 heterocycles. The number of halogens is 1. The van der Waals surface area contributed by atoms with Crippen molar-refractivity contribution in [3.05, 3.63) is 59.9 Å². The molecule has 1 N–H and O–H groups in total. The first kappa shape index (κ1) is 16.0. The number of ether oxygens (including phenoxy) is 1. The lowest BCUT2D eigenvalue weighted by Gasteiger charge is -2.03. The van der Waals surface area contributed by atoms with Gasteiger partial charge in [0.05, 0.1) is 24.1 Å². The second kappa shape index (κ2) is 7.07. The van der Waals surface area contributed by atoms with Gasteiger partial charge in [0.2, 0.25) is 10.0 Å². The molecular formula is C16H14FNO3S. The van der Waals surface area contributed by atoms with Gasteiger partial charge in [-0.2, -0.15) is 4.72 Å². The monoisotopic (exact) mass is 319 g/mol. The van der Waals surface area contributed by atoms with Gasteiger partial charge in [0.25, 0.3) is 0 Å². The molecule has 0 aliphatic carbocycles. The van der Waals surface area contributed by atoms with Crippen LogP contribution in [0.4, 0.5) is 4.39 Å². The van der Waals surface area contributed by atoms with Crippen molar-refractivity contribution in [1.29, 1.82) is 0 Å². The van der Waals surface area contributed by atoms with Gasteiger partial charge < -0.3 is 4.74 Å². The Morgan fingerprint density at radius 1 is 1.14 bits per heavy atom. The van der Waals surface area contributed by atoms with Crippen LogP contribution in [-0.2, 0) is 10.0 Å². The Hall–Kier alpha value is -2.36. The molecular weight excluding hydrogens is 305 g/mol. The van der Waals surface area contributed by atoms with E-state index in [1.807, 2.05) is 12.1 Å². The molecule has 2 rings (SSSR count). The number of rotatable bonds is 4. The maximum Gasteiger partial charge on any atom is 0.241 e. The first-order valence-electron chi connectivity index (χ1n) is 6.40. The van der Waals surface area contributed by atoms with Crippen LogP contribution >= 0.6 is 0 Å². The van der Waals surface area contributed by atoms with Crippen molar-refractivity contribution >= 4 is 10.0 Å². The second-order valence-corrected chi connectivity index (χ2v) is 6.05. The van der Waals surface area contributed by atoms with E-state index < -0.39 is 15.8 Å². The minimum absolute atomic E-state index is 0.00649. The van der Waals surface area contributed by atoms with Gasteiger partial charge in [-0.3, -0.25) is 0 Å². The van der Waals surface area contributed by atoms with Crippen molar-refractivity contribution < 1.29 is 17.5 Å². The standard InChI is InChI=1S/C16H14FNO3S/c1-21-16-7-3-2-5-13(16)6-4-12-18-22(19,20)15-10-8-14(17)9-11-15/h2-3,5,7-11,18H,12H2,1H3. The van der Waals surface area contributed by atoms with Gasteiger partial charge in [-0.15, -0.1) is 0 Å². The van der Waals surface area contributed by atoms with Crippen LogP contribution in [0.2, 0.25) is 0 Å². The fourth-order valence-electron chi connectivity index (χ4n) is 1.72. The number of hydrogen-bond donors (Lipinski definition) is 1. The summed E-state index contributed by atoms with van der Waals surface area (Å²) < 4.78 is 44.2. The number of para-hydroxylation sites is 1. The molecule has 2 aromatic carbocycles. The van der Waals surface area contributed by atoms with Crippen LogP contribution in [0.3, 0.4) is 0 Å². The Balaban J connectivity index is 2.05. The molecule has 0 atom stereocenters. The van der Waals surface area contributed by atoms with E-state index in [1.165, 1.54) is 19.2 Å². The maximum atomic E-state index is 12.8. The summed E-state index contributed by atoms with van der Waals surface area (Å²) in [5.74, 6) is 5.69. The SMILES string of the molecule is COc1ccccc1C#CCNS(=O)(=O)c1ccc(F)cc1. The largest absolute Gasteiger partial charge is 0.495 e. The van der Waals surface area contributed by atoms with Crippen LogP contribution in [0.1, 0.15) is 5.56 Å². The van der Waals surface area contributed by atoms with Gasteiger partial charge in [-0.1, -0.05) is 24.0 Å². The number of nitrogens with one attached hydrogen (secondary N) is 1. The fourth-order valence-corrected chi connectivity index (χ4v) is 2.64. The van der Waals surface area contributed by atoms with Gasteiger partial charge in [0, 0.05) is 0 Å². The van der Waals surface area contributed by atoms with Crippen molar-refractivity contribution in [2.75, 3.05) is 13.7 Å². The number of methoxy groups -OCH3 is 1. The molecule has 0 spiro atoms. The molecule has 0 fully saturated rings. The smallest absolute Gasteiger partial charge is 0.241 e. The van der Waals surface area contributed by atoms with E-state index in [-0.39, 0.29) is 11.4 Å². The molecule has 0 aromatic heterocycles. The highest BCUT2D eigenvalue weighted by molar-refractivity contribution is 7.89. The van der Waals surface area contributed by atoms with Crippen molar-refractivity contribution in [2.24, 2.45) is 0 Å². The summed E-state index contributed by atoms with van der Waals surface area (Å²) in [6.07, 6.45) is 0. The van der Waals surface area contributed by atoms with Crippen molar-refractivity contribution in [2.45, 2.75) is 4.90 Å².